The number of pyridine rings is 2. The van der Waals surface area contributed by atoms with Gasteiger partial charge in [0.1, 0.15) is 0 Å². The van der Waals surface area contributed by atoms with E-state index in [1.54, 1.807) is 0 Å². The maximum atomic E-state index is 7.18. The number of hydrogen-bond acceptors (Lipinski definition) is 5. The summed E-state index contributed by atoms with van der Waals surface area (Å²) in [6.45, 7) is 15.6. The highest BCUT2D eigenvalue weighted by Gasteiger charge is 2.18. The van der Waals surface area contributed by atoms with Crippen molar-refractivity contribution in [2.45, 2.75) is 78.8 Å². The fraction of sp³-hybridized carbons (Fsp3) is 0.385. The number of unbranched alkanes of at least 4 members (excludes halogenated alkanes) is 2. The van der Waals surface area contributed by atoms with Crippen molar-refractivity contribution in [3.05, 3.63) is 100 Å². The molecule has 1 aliphatic heterocycles. The van der Waals surface area contributed by atoms with Crippen LogP contribution in [0.4, 0.5) is 0 Å². The average molecular weight is 622 g/mol. The summed E-state index contributed by atoms with van der Waals surface area (Å²) in [6.07, 6.45) is 10.3. The van der Waals surface area contributed by atoms with E-state index in [2.05, 4.69) is 97.7 Å². The highest BCUT2D eigenvalue weighted by Crippen LogP contribution is 2.39. The van der Waals surface area contributed by atoms with Crippen LogP contribution in [0.5, 0.6) is 0 Å². The average Bonchev–Trinajstić information content (AvgIpc) is 3.07. The minimum absolute atomic E-state index is 0.674. The Morgan fingerprint density at radius 3 is 2.22 bits per heavy atom. The summed E-state index contributed by atoms with van der Waals surface area (Å²) in [6, 6.07) is 21.3. The van der Waals surface area contributed by atoms with Crippen LogP contribution in [0.3, 0.4) is 0 Å². The quantitative estimate of drug-likeness (QED) is 0.108. The van der Waals surface area contributed by atoms with Gasteiger partial charge in [0.15, 0.2) is 0 Å². The molecule has 0 unspecified atom stereocenters. The maximum absolute atomic E-state index is 7.18. The van der Waals surface area contributed by atoms with Crippen molar-refractivity contribution in [3.8, 4) is 33.6 Å². The molecular formula is C39H48ClN5. The summed E-state index contributed by atoms with van der Waals surface area (Å²) in [5, 5.41) is 0.697. The van der Waals surface area contributed by atoms with Gasteiger partial charge >= 0.3 is 0 Å². The van der Waals surface area contributed by atoms with E-state index in [9.17, 15) is 0 Å². The molecule has 4 aromatic rings. The third-order valence-corrected chi connectivity index (χ3v) is 9.34. The topological polar surface area (TPSA) is 53.1 Å². The van der Waals surface area contributed by atoms with Gasteiger partial charge in [-0.1, -0.05) is 99.8 Å². The molecule has 2 aromatic heterocycles. The number of hydrogen-bond donors (Lipinski definition) is 2. The van der Waals surface area contributed by atoms with Gasteiger partial charge in [0.25, 0.3) is 0 Å². The first-order chi connectivity index (χ1) is 22.0. The molecule has 1 aliphatic rings. The summed E-state index contributed by atoms with van der Waals surface area (Å²) < 4.78 is 0. The Kier molecular flexibility index (Phi) is 11.9. The first-order valence-electron chi connectivity index (χ1n) is 16.7. The molecule has 0 spiro atoms. The van der Waals surface area contributed by atoms with E-state index >= 15 is 0 Å². The molecule has 1 fully saturated rings. The van der Waals surface area contributed by atoms with Gasteiger partial charge in [-0.15, -0.1) is 0 Å². The van der Waals surface area contributed by atoms with Gasteiger partial charge in [-0.2, -0.15) is 0 Å². The number of nitrogens with one attached hydrogen (secondary N) is 2. The van der Waals surface area contributed by atoms with Crippen LogP contribution in [0.1, 0.15) is 80.5 Å². The minimum Gasteiger partial charge on any atom is -0.299 e. The molecule has 0 atom stereocenters. The number of piperidine rings is 1. The monoisotopic (exact) mass is 621 g/mol. The fourth-order valence-electron chi connectivity index (χ4n) is 6.32. The van der Waals surface area contributed by atoms with Crippen molar-refractivity contribution >= 4 is 17.7 Å². The Hall–Kier alpha value is -3.35. The van der Waals surface area contributed by atoms with Gasteiger partial charge < -0.3 is 0 Å². The van der Waals surface area contributed by atoms with Crippen LogP contribution in [-0.4, -0.2) is 34.5 Å². The van der Waals surface area contributed by atoms with Gasteiger partial charge in [-0.25, -0.2) is 4.98 Å². The Morgan fingerprint density at radius 1 is 0.800 bits per heavy atom. The van der Waals surface area contributed by atoms with E-state index < -0.39 is 0 Å². The predicted molar refractivity (Wildman–Crippen MR) is 191 cm³/mol. The molecule has 1 saturated heterocycles. The van der Waals surface area contributed by atoms with E-state index in [1.165, 1.54) is 62.0 Å². The number of likely N-dealkylation sites (tertiary alicyclic amines) is 1. The van der Waals surface area contributed by atoms with Crippen LogP contribution in [0.15, 0.2) is 67.2 Å². The van der Waals surface area contributed by atoms with E-state index in [1.807, 2.05) is 12.1 Å². The van der Waals surface area contributed by atoms with Gasteiger partial charge in [0.2, 0.25) is 0 Å². The zero-order chi connectivity index (χ0) is 31.6. The number of benzene rings is 2. The standard InChI is InChI=1S/C39H48ClN5/c1-5-8-10-23-41-42-26-29-19-21-38(43-35(29)6-2)34-18-14-17-33(39(34)40)31-15-13-16-32(28(31)4)37-22-20-30(36(7-3)44-37)27-45-24-11-9-12-25-45/h6,13-22,41-42H,2,5,7-12,23-27H2,1,3-4H3. The first-order valence-corrected chi connectivity index (χ1v) is 17.1. The normalized spacial score (nSPS) is 13.7. The minimum atomic E-state index is 0.674. The second-order valence-electron chi connectivity index (χ2n) is 12.1. The van der Waals surface area contributed by atoms with Gasteiger partial charge in [-0.3, -0.25) is 20.7 Å². The molecule has 45 heavy (non-hydrogen) atoms. The molecule has 0 aliphatic carbocycles. The number of aromatic nitrogens is 2. The van der Waals surface area contributed by atoms with E-state index in [0.717, 1.165) is 70.8 Å². The molecule has 5 rings (SSSR count). The Bertz CT molecular complexity index is 1590. The fourth-order valence-corrected chi connectivity index (χ4v) is 6.65. The van der Waals surface area contributed by atoms with Crippen molar-refractivity contribution in [2.24, 2.45) is 0 Å². The lowest BCUT2D eigenvalue weighted by atomic mass is 9.93. The zero-order valence-corrected chi connectivity index (χ0v) is 28.0. The second-order valence-corrected chi connectivity index (χ2v) is 12.4. The molecular weight excluding hydrogens is 574 g/mol. The smallest absolute Gasteiger partial charge is 0.0724 e. The Labute approximate surface area is 275 Å². The molecule has 0 saturated carbocycles. The van der Waals surface area contributed by atoms with Crippen LogP contribution in [0.2, 0.25) is 5.02 Å². The largest absolute Gasteiger partial charge is 0.299 e. The van der Waals surface area contributed by atoms with E-state index in [0.29, 0.717) is 11.6 Å². The maximum Gasteiger partial charge on any atom is 0.0724 e. The molecule has 0 radical (unpaired) electrons. The predicted octanol–water partition coefficient (Wildman–Crippen LogP) is 9.42. The summed E-state index contributed by atoms with van der Waals surface area (Å²) in [5.41, 5.74) is 18.3. The lowest BCUT2D eigenvalue weighted by Gasteiger charge is -2.27. The summed E-state index contributed by atoms with van der Waals surface area (Å²) in [5.74, 6) is 0. The third kappa shape index (κ3) is 8.09. The summed E-state index contributed by atoms with van der Waals surface area (Å²) >= 11 is 7.18. The van der Waals surface area contributed by atoms with Crippen LogP contribution in [-0.2, 0) is 19.5 Å². The SMILES string of the molecule is C=Cc1nc(-c2cccc(-c3cccc(-c4ccc(CN5CCCCC5)c(CC)n4)c3C)c2Cl)ccc1CNNCCCCC. The molecule has 2 aromatic carbocycles. The number of nitrogens with zero attached hydrogens (tertiary/aromatic N) is 3. The van der Waals surface area contributed by atoms with E-state index in [-0.39, 0.29) is 0 Å². The molecule has 5 nitrogen and oxygen atoms in total. The molecule has 6 heteroatoms. The van der Waals surface area contributed by atoms with Gasteiger partial charge in [-0.05, 0) is 86.2 Å². The van der Waals surface area contributed by atoms with Crippen molar-refractivity contribution in [2.75, 3.05) is 19.6 Å². The van der Waals surface area contributed by atoms with Crippen molar-refractivity contribution in [1.29, 1.82) is 0 Å². The number of rotatable bonds is 14. The summed E-state index contributed by atoms with van der Waals surface area (Å²) in [7, 11) is 0. The van der Waals surface area contributed by atoms with Crippen LogP contribution < -0.4 is 10.9 Å². The zero-order valence-electron chi connectivity index (χ0n) is 27.3. The van der Waals surface area contributed by atoms with Crippen LogP contribution in [0, 0.1) is 6.92 Å². The molecule has 3 heterocycles. The number of hydrazine groups is 1. The van der Waals surface area contributed by atoms with Gasteiger partial charge in [0.05, 0.1) is 22.1 Å². The highest BCUT2D eigenvalue weighted by molar-refractivity contribution is 6.36. The Morgan fingerprint density at radius 2 is 1.49 bits per heavy atom. The summed E-state index contributed by atoms with van der Waals surface area (Å²) in [4.78, 5) is 12.7. The van der Waals surface area contributed by atoms with Crippen molar-refractivity contribution in [3.63, 3.8) is 0 Å². The van der Waals surface area contributed by atoms with Crippen LogP contribution >= 0.6 is 11.6 Å². The Balaban J connectivity index is 1.39. The highest BCUT2D eigenvalue weighted by atomic mass is 35.5. The van der Waals surface area contributed by atoms with Crippen molar-refractivity contribution in [1.82, 2.24) is 25.7 Å². The molecule has 2 N–H and O–H groups in total. The van der Waals surface area contributed by atoms with Gasteiger partial charge in [0, 0.05) is 42.0 Å². The second kappa shape index (κ2) is 16.3. The molecule has 0 amide bonds. The van der Waals surface area contributed by atoms with E-state index in [4.69, 9.17) is 21.6 Å². The molecule has 0 bridgehead atoms. The molecule has 236 valence electrons. The van der Waals surface area contributed by atoms with Crippen LogP contribution in [0.25, 0.3) is 39.7 Å². The first kappa shape index (κ1) is 33.0. The third-order valence-electron chi connectivity index (χ3n) is 8.94. The lowest BCUT2D eigenvalue weighted by Crippen LogP contribution is -2.32. The number of aryl methyl sites for hydroxylation is 1. The number of halogens is 1. The van der Waals surface area contributed by atoms with Crippen molar-refractivity contribution < 1.29 is 0 Å². The lowest BCUT2D eigenvalue weighted by molar-refractivity contribution is 0.220.